The monoisotopic (exact) mass is 729 g/mol. The first-order valence-electron chi connectivity index (χ1n) is 19.1. The van der Waals surface area contributed by atoms with Gasteiger partial charge < -0.3 is 8.98 Å². The van der Waals surface area contributed by atoms with E-state index >= 15 is 0 Å². The molecule has 0 fully saturated rings. The van der Waals surface area contributed by atoms with Gasteiger partial charge in [-0.05, 0) is 47.5 Å². The van der Waals surface area contributed by atoms with Crippen LogP contribution in [0.4, 0.5) is 0 Å². The van der Waals surface area contributed by atoms with Crippen LogP contribution in [0.15, 0.2) is 192 Å². The fourth-order valence-corrected chi connectivity index (χ4v) is 8.63. The zero-order valence-electron chi connectivity index (χ0n) is 30.5. The predicted molar refractivity (Wildman–Crippen MR) is 232 cm³/mol. The number of rotatable bonds is 5. The normalized spacial score (nSPS) is 11.9. The molecule has 0 saturated heterocycles. The van der Waals surface area contributed by atoms with Crippen molar-refractivity contribution in [2.24, 2.45) is 0 Å². The van der Waals surface area contributed by atoms with E-state index in [-0.39, 0.29) is 0 Å². The molecule has 6 heteroatoms. The highest BCUT2D eigenvalue weighted by Crippen LogP contribution is 2.41. The smallest absolute Gasteiger partial charge is 0.238 e. The van der Waals surface area contributed by atoms with Crippen molar-refractivity contribution in [1.29, 1.82) is 0 Å². The fraction of sp³-hybridized carbons (Fsp3) is 0. The van der Waals surface area contributed by atoms with Gasteiger partial charge in [-0.3, -0.25) is 4.57 Å². The van der Waals surface area contributed by atoms with Gasteiger partial charge in [0.25, 0.3) is 0 Å². The van der Waals surface area contributed by atoms with Gasteiger partial charge in [0.2, 0.25) is 5.95 Å². The minimum Gasteiger partial charge on any atom is -0.453 e. The van der Waals surface area contributed by atoms with Gasteiger partial charge in [0.05, 0.1) is 33.3 Å². The Bertz CT molecular complexity index is 3410. The summed E-state index contributed by atoms with van der Waals surface area (Å²) >= 11 is 0. The quantitative estimate of drug-likeness (QED) is 0.177. The largest absolute Gasteiger partial charge is 0.453 e. The molecule has 57 heavy (non-hydrogen) atoms. The van der Waals surface area contributed by atoms with E-state index < -0.39 is 0 Å². The van der Waals surface area contributed by atoms with Gasteiger partial charge in [-0.1, -0.05) is 152 Å². The van der Waals surface area contributed by atoms with Crippen LogP contribution < -0.4 is 0 Å². The molecule has 0 N–H and O–H groups in total. The van der Waals surface area contributed by atoms with Crippen LogP contribution in [0, 0.1) is 0 Å². The molecule has 0 bridgehead atoms. The van der Waals surface area contributed by atoms with Gasteiger partial charge in [-0.2, -0.15) is 9.97 Å². The third-order valence-electron chi connectivity index (χ3n) is 11.2. The van der Waals surface area contributed by atoms with E-state index in [2.05, 4.69) is 191 Å². The van der Waals surface area contributed by atoms with E-state index in [1.165, 1.54) is 10.8 Å². The molecule has 0 spiro atoms. The molecule has 0 radical (unpaired) electrons. The fourth-order valence-electron chi connectivity index (χ4n) is 8.63. The standard InChI is InChI=1S/C51H31N5O/c1-2-14-32(15-3-1)33-28-30-34(31-29-33)49-52-50(54-51(53-49)56-44-25-10-6-18-37(44)38-19-7-11-26-45(38)56)41-22-12-20-39-40-21-13-27-46(48(40)57-47(39)41)55-42-23-8-4-16-35(42)36-17-5-9-24-43(36)55/h1-31H. The molecular weight excluding hydrogens is 699 g/mol. The van der Waals surface area contributed by atoms with Crippen molar-refractivity contribution in [3.05, 3.63) is 188 Å². The molecule has 12 aromatic rings. The molecule has 0 unspecified atom stereocenters. The molecule has 6 nitrogen and oxygen atoms in total. The lowest BCUT2D eigenvalue weighted by Crippen LogP contribution is -2.06. The molecule has 0 aliphatic heterocycles. The highest BCUT2D eigenvalue weighted by molar-refractivity contribution is 6.14. The molecule has 0 aliphatic carbocycles. The van der Waals surface area contributed by atoms with Crippen LogP contribution in [-0.4, -0.2) is 24.1 Å². The van der Waals surface area contributed by atoms with Crippen molar-refractivity contribution >= 4 is 65.6 Å². The Labute approximate surface area is 326 Å². The summed E-state index contributed by atoms with van der Waals surface area (Å²) in [6.45, 7) is 0. The van der Waals surface area contributed by atoms with Gasteiger partial charge in [-0.25, -0.2) is 4.98 Å². The van der Waals surface area contributed by atoms with Crippen molar-refractivity contribution in [2.75, 3.05) is 0 Å². The first-order valence-corrected chi connectivity index (χ1v) is 19.1. The molecule has 8 aromatic carbocycles. The Morgan fingerprint density at radius 3 is 1.39 bits per heavy atom. The van der Waals surface area contributed by atoms with Crippen molar-refractivity contribution < 1.29 is 4.42 Å². The van der Waals surface area contributed by atoms with Crippen LogP contribution in [0.1, 0.15) is 0 Å². The number of hydrogen-bond acceptors (Lipinski definition) is 4. The molecule has 0 amide bonds. The maximum absolute atomic E-state index is 7.04. The Morgan fingerprint density at radius 2 is 0.772 bits per heavy atom. The molecule has 266 valence electrons. The summed E-state index contributed by atoms with van der Waals surface area (Å²) in [5.41, 5.74) is 10.8. The van der Waals surface area contributed by atoms with Crippen molar-refractivity contribution in [3.63, 3.8) is 0 Å². The van der Waals surface area contributed by atoms with E-state index in [1.54, 1.807) is 0 Å². The van der Waals surface area contributed by atoms with Crippen molar-refractivity contribution in [2.45, 2.75) is 0 Å². The zero-order chi connectivity index (χ0) is 37.5. The van der Waals surface area contributed by atoms with Gasteiger partial charge in [0.15, 0.2) is 17.2 Å². The topological polar surface area (TPSA) is 61.7 Å². The van der Waals surface area contributed by atoms with E-state index in [4.69, 9.17) is 19.4 Å². The van der Waals surface area contributed by atoms with Crippen LogP contribution >= 0.6 is 0 Å². The molecule has 4 aromatic heterocycles. The van der Waals surface area contributed by atoms with Crippen molar-refractivity contribution in [1.82, 2.24) is 24.1 Å². The number of fused-ring (bicyclic) bond motifs is 9. The minimum absolute atomic E-state index is 0.534. The zero-order valence-corrected chi connectivity index (χ0v) is 30.5. The molecule has 0 atom stereocenters. The molecule has 0 saturated carbocycles. The van der Waals surface area contributed by atoms with Crippen LogP contribution in [0.5, 0.6) is 0 Å². The third kappa shape index (κ3) is 4.81. The average Bonchev–Trinajstić information content (AvgIpc) is 3.95. The van der Waals surface area contributed by atoms with Gasteiger partial charge >= 0.3 is 0 Å². The van der Waals surface area contributed by atoms with Crippen LogP contribution in [0.25, 0.3) is 111 Å². The lowest BCUT2D eigenvalue weighted by Gasteiger charge is -2.11. The van der Waals surface area contributed by atoms with Gasteiger partial charge in [0, 0.05) is 37.9 Å². The second kappa shape index (κ2) is 12.3. The van der Waals surface area contributed by atoms with Crippen LogP contribution in [-0.2, 0) is 0 Å². The Kier molecular flexibility index (Phi) is 6.83. The molecule has 12 rings (SSSR count). The Morgan fingerprint density at radius 1 is 0.316 bits per heavy atom. The molecule has 4 heterocycles. The van der Waals surface area contributed by atoms with E-state index in [0.717, 1.165) is 82.7 Å². The Balaban J connectivity index is 1.11. The predicted octanol–water partition coefficient (Wildman–Crippen LogP) is 13.0. The lowest BCUT2D eigenvalue weighted by atomic mass is 10.0. The average molecular weight is 730 g/mol. The summed E-state index contributed by atoms with van der Waals surface area (Å²) < 4.78 is 11.5. The lowest BCUT2D eigenvalue weighted by molar-refractivity contribution is 0.667. The second-order valence-corrected chi connectivity index (χ2v) is 14.4. The number of furan rings is 1. The van der Waals surface area contributed by atoms with E-state index in [1.807, 2.05) is 6.07 Å². The van der Waals surface area contributed by atoms with Crippen LogP contribution in [0.3, 0.4) is 0 Å². The summed E-state index contributed by atoms with van der Waals surface area (Å²) in [6.07, 6.45) is 0. The number of hydrogen-bond donors (Lipinski definition) is 0. The van der Waals surface area contributed by atoms with Crippen molar-refractivity contribution in [3.8, 4) is 45.5 Å². The number of benzene rings is 8. The number of aromatic nitrogens is 5. The molecule has 0 aliphatic rings. The minimum atomic E-state index is 0.534. The maximum atomic E-state index is 7.04. The third-order valence-corrected chi connectivity index (χ3v) is 11.2. The second-order valence-electron chi connectivity index (χ2n) is 14.4. The Hall–Kier alpha value is -7.83. The first kappa shape index (κ1) is 31.5. The molecular formula is C51H31N5O. The summed E-state index contributed by atoms with van der Waals surface area (Å²) in [7, 11) is 0. The summed E-state index contributed by atoms with van der Waals surface area (Å²) in [5.74, 6) is 1.65. The highest BCUT2D eigenvalue weighted by atomic mass is 16.3. The SMILES string of the molecule is c1ccc(-c2ccc(-c3nc(-c4cccc5c4oc4c(-n6c7ccccc7c7ccccc76)cccc45)nc(-n4c5ccccc5c5ccccc54)n3)cc2)cc1. The number of para-hydroxylation sites is 6. The van der Waals surface area contributed by atoms with E-state index in [0.29, 0.717) is 17.6 Å². The van der Waals surface area contributed by atoms with E-state index in [9.17, 15) is 0 Å². The van der Waals surface area contributed by atoms with Gasteiger partial charge in [-0.15, -0.1) is 0 Å². The summed E-state index contributed by atoms with van der Waals surface area (Å²) in [5, 5.41) is 6.71. The summed E-state index contributed by atoms with van der Waals surface area (Å²) in [4.78, 5) is 15.7. The summed E-state index contributed by atoms with van der Waals surface area (Å²) in [6, 6.07) is 65.5. The van der Waals surface area contributed by atoms with Gasteiger partial charge in [0.1, 0.15) is 5.58 Å². The first-order chi connectivity index (χ1) is 28.3. The van der Waals surface area contributed by atoms with Crippen LogP contribution in [0.2, 0.25) is 0 Å². The number of nitrogens with zero attached hydrogens (tertiary/aromatic N) is 5. The maximum Gasteiger partial charge on any atom is 0.238 e. The highest BCUT2D eigenvalue weighted by Gasteiger charge is 2.22.